The minimum Gasteiger partial charge on any atom is -0.334 e. The summed E-state index contributed by atoms with van der Waals surface area (Å²) in [6.45, 7) is 9.93. The molecule has 0 aliphatic carbocycles. The van der Waals surface area contributed by atoms with E-state index in [2.05, 4.69) is 23.6 Å². The Morgan fingerprint density at radius 1 is 1.24 bits per heavy atom. The smallest absolute Gasteiger partial charge is 0.315 e. The fraction of sp³-hybridized carbons (Fsp3) is 0.500. The molecule has 1 aromatic rings. The second kappa shape index (κ2) is 5.21. The topological polar surface area (TPSA) is 41.1 Å². The minimum atomic E-state index is -0.213. The van der Waals surface area contributed by atoms with Gasteiger partial charge in [0, 0.05) is 5.54 Å². The van der Waals surface area contributed by atoms with Gasteiger partial charge in [0.15, 0.2) is 0 Å². The number of nitrogens with one attached hydrogen (secondary N) is 2. The summed E-state index contributed by atoms with van der Waals surface area (Å²) in [5, 5.41) is 5.83. The van der Waals surface area contributed by atoms with Crippen molar-refractivity contribution < 1.29 is 4.79 Å². The van der Waals surface area contributed by atoms with Gasteiger partial charge in [0.1, 0.15) is 0 Å². The average molecular weight is 234 g/mol. The van der Waals surface area contributed by atoms with Gasteiger partial charge in [-0.2, -0.15) is 0 Å². The predicted octanol–water partition coefficient (Wildman–Crippen LogP) is 3.15. The molecule has 0 fully saturated rings. The van der Waals surface area contributed by atoms with Crippen LogP contribution in [-0.2, 0) is 0 Å². The average Bonchev–Trinajstić information content (AvgIpc) is 2.14. The van der Waals surface area contributed by atoms with Gasteiger partial charge in [0.05, 0.1) is 6.04 Å². The Kier molecular flexibility index (Phi) is 4.16. The van der Waals surface area contributed by atoms with Gasteiger partial charge in [-0.3, -0.25) is 0 Å². The molecule has 0 aliphatic rings. The number of carbonyl (C=O) groups excluding carboxylic acids is 1. The van der Waals surface area contributed by atoms with Crippen LogP contribution >= 0.6 is 0 Å². The van der Waals surface area contributed by atoms with Crippen LogP contribution in [0.25, 0.3) is 0 Å². The van der Waals surface area contributed by atoms with Crippen molar-refractivity contribution in [3.8, 4) is 0 Å². The van der Waals surface area contributed by atoms with Crippen LogP contribution in [0.1, 0.15) is 44.9 Å². The molecule has 0 heterocycles. The molecule has 1 atom stereocenters. The van der Waals surface area contributed by atoms with Crippen molar-refractivity contribution >= 4 is 6.03 Å². The quantitative estimate of drug-likeness (QED) is 0.811. The summed E-state index contributed by atoms with van der Waals surface area (Å²) in [5.74, 6) is 0. The first-order valence-electron chi connectivity index (χ1n) is 5.94. The van der Waals surface area contributed by atoms with Crippen molar-refractivity contribution in [3.63, 3.8) is 0 Å². The van der Waals surface area contributed by atoms with Gasteiger partial charge in [0.2, 0.25) is 0 Å². The van der Waals surface area contributed by atoms with Crippen molar-refractivity contribution in [1.82, 2.24) is 10.6 Å². The normalized spacial score (nSPS) is 13.0. The van der Waals surface area contributed by atoms with E-state index in [4.69, 9.17) is 0 Å². The largest absolute Gasteiger partial charge is 0.334 e. The highest BCUT2D eigenvalue weighted by Crippen LogP contribution is 2.16. The van der Waals surface area contributed by atoms with E-state index in [9.17, 15) is 4.79 Å². The van der Waals surface area contributed by atoms with E-state index in [1.54, 1.807) is 0 Å². The molecule has 17 heavy (non-hydrogen) atoms. The van der Waals surface area contributed by atoms with Gasteiger partial charge in [-0.1, -0.05) is 24.3 Å². The number of amides is 2. The van der Waals surface area contributed by atoms with Crippen molar-refractivity contribution in [1.29, 1.82) is 0 Å². The molecule has 94 valence electrons. The van der Waals surface area contributed by atoms with E-state index in [0.29, 0.717) is 0 Å². The maximum Gasteiger partial charge on any atom is 0.315 e. The number of urea groups is 1. The lowest BCUT2D eigenvalue weighted by Gasteiger charge is -2.23. The lowest BCUT2D eigenvalue weighted by molar-refractivity contribution is 0.229. The molecule has 0 spiro atoms. The summed E-state index contributed by atoms with van der Waals surface area (Å²) < 4.78 is 0. The maximum absolute atomic E-state index is 11.7. The van der Waals surface area contributed by atoms with Gasteiger partial charge in [0.25, 0.3) is 0 Å². The van der Waals surface area contributed by atoms with Gasteiger partial charge in [-0.05, 0) is 45.7 Å². The Hall–Kier alpha value is -1.51. The van der Waals surface area contributed by atoms with E-state index >= 15 is 0 Å². The molecule has 1 rings (SSSR count). The Bertz CT molecular complexity index is 393. The molecule has 0 bridgehead atoms. The lowest BCUT2D eigenvalue weighted by atomic mass is 10.0. The number of hydrogen-bond donors (Lipinski definition) is 2. The molecule has 2 amide bonds. The van der Waals surface area contributed by atoms with Crippen LogP contribution in [0.15, 0.2) is 24.3 Å². The highest BCUT2D eigenvalue weighted by molar-refractivity contribution is 5.75. The summed E-state index contributed by atoms with van der Waals surface area (Å²) in [4.78, 5) is 11.7. The van der Waals surface area contributed by atoms with Gasteiger partial charge < -0.3 is 10.6 Å². The van der Waals surface area contributed by atoms with Crippen LogP contribution in [-0.4, -0.2) is 11.6 Å². The number of aryl methyl sites for hydroxylation is 1. The number of rotatable bonds is 2. The maximum atomic E-state index is 11.7. The minimum absolute atomic E-state index is 0.0125. The van der Waals surface area contributed by atoms with Crippen LogP contribution in [0.4, 0.5) is 4.79 Å². The Labute approximate surface area is 104 Å². The fourth-order valence-electron chi connectivity index (χ4n) is 1.72. The standard InChI is InChI=1S/C14H22N2O/c1-10-8-6-7-9-12(10)11(2)15-13(17)16-14(3,4)5/h6-9,11H,1-5H3,(H2,15,16,17). The first-order chi connectivity index (χ1) is 7.79. The Balaban J connectivity index is 2.64. The third-order valence-corrected chi connectivity index (χ3v) is 2.49. The van der Waals surface area contributed by atoms with Crippen molar-refractivity contribution in [2.45, 2.75) is 46.2 Å². The summed E-state index contributed by atoms with van der Waals surface area (Å²) in [6, 6.07) is 7.96. The molecule has 0 saturated carbocycles. The van der Waals surface area contributed by atoms with E-state index < -0.39 is 0 Å². The molecule has 1 unspecified atom stereocenters. The predicted molar refractivity (Wildman–Crippen MR) is 71.0 cm³/mol. The van der Waals surface area contributed by atoms with E-state index in [0.717, 1.165) is 5.56 Å². The zero-order chi connectivity index (χ0) is 13.1. The highest BCUT2D eigenvalue weighted by Gasteiger charge is 2.16. The molecule has 0 saturated heterocycles. The highest BCUT2D eigenvalue weighted by atomic mass is 16.2. The van der Waals surface area contributed by atoms with Crippen LogP contribution < -0.4 is 10.6 Å². The Morgan fingerprint density at radius 2 is 1.82 bits per heavy atom. The third kappa shape index (κ3) is 4.47. The molecule has 2 N–H and O–H groups in total. The van der Waals surface area contributed by atoms with Gasteiger partial charge in [-0.25, -0.2) is 4.79 Å². The van der Waals surface area contributed by atoms with Crippen molar-refractivity contribution in [2.24, 2.45) is 0 Å². The molecule has 3 heteroatoms. The molecule has 1 aromatic carbocycles. The zero-order valence-corrected chi connectivity index (χ0v) is 11.3. The lowest BCUT2D eigenvalue weighted by Crippen LogP contribution is -2.47. The van der Waals surface area contributed by atoms with Crippen LogP contribution in [0.3, 0.4) is 0 Å². The number of hydrogen-bond acceptors (Lipinski definition) is 1. The van der Waals surface area contributed by atoms with Crippen LogP contribution in [0.2, 0.25) is 0 Å². The number of carbonyl (C=O) groups is 1. The molecule has 0 aliphatic heterocycles. The molecule has 0 aromatic heterocycles. The second-order valence-corrected chi connectivity index (χ2v) is 5.43. The van der Waals surface area contributed by atoms with Gasteiger partial charge in [-0.15, -0.1) is 0 Å². The third-order valence-electron chi connectivity index (χ3n) is 2.49. The van der Waals surface area contributed by atoms with E-state index in [-0.39, 0.29) is 17.6 Å². The summed E-state index contributed by atoms with van der Waals surface area (Å²) >= 11 is 0. The molecule has 3 nitrogen and oxygen atoms in total. The SMILES string of the molecule is Cc1ccccc1C(C)NC(=O)NC(C)(C)C. The van der Waals surface area contributed by atoms with E-state index in [1.807, 2.05) is 45.9 Å². The van der Waals surface area contributed by atoms with Gasteiger partial charge >= 0.3 is 6.03 Å². The summed E-state index contributed by atoms with van der Waals surface area (Å²) in [6.07, 6.45) is 0. The first-order valence-corrected chi connectivity index (χ1v) is 5.94. The fourth-order valence-corrected chi connectivity index (χ4v) is 1.72. The molecule has 0 radical (unpaired) electrons. The van der Waals surface area contributed by atoms with Crippen LogP contribution in [0, 0.1) is 6.92 Å². The summed E-state index contributed by atoms with van der Waals surface area (Å²) in [7, 11) is 0. The Morgan fingerprint density at radius 3 is 2.35 bits per heavy atom. The van der Waals surface area contributed by atoms with Crippen molar-refractivity contribution in [3.05, 3.63) is 35.4 Å². The first kappa shape index (κ1) is 13.6. The molecular formula is C14H22N2O. The monoisotopic (exact) mass is 234 g/mol. The summed E-state index contributed by atoms with van der Waals surface area (Å²) in [5.41, 5.74) is 2.13. The van der Waals surface area contributed by atoms with E-state index in [1.165, 1.54) is 5.56 Å². The van der Waals surface area contributed by atoms with Crippen LogP contribution in [0.5, 0.6) is 0 Å². The number of benzene rings is 1. The second-order valence-electron chi connectivity index (χ2n) is 5.43. The molecular weight excluding hydrogens is 212 g/mol. The zero-order valence-electron chi connectivity index (χ0n) is 11.3. The van der Waals surface area contributed by atoms with Crippen molar-refractivity contribution in [2.75, 3.05) is 0 Å².